The van der Waals surface area contributed by atoms with Crippen LogP contribution in [0.4, 0.5) is 0 Å². The first kappa shape index (κ1) is 23.2. The molecule has 1 unspecified atom stereocenters. The first-order valence-corrected chi connectivity index (χ1v) is 11.4. The second-order valence-electron chi connectivity index (χ2n) is 8.89. The average molecular weight is 424 g/mol. The van der Waals surface area contributed by atoms with Crippen LogP contribution in [0.25, 0.3) is 11.1 Å². The Labute approximate surface area is 170 Å². The Hall–Kier alpha value is -1.06. The van der Waals surface area contributed by atoms with Crippen molar-refractivity contribution in [2.24, 2.45) is 0 Å². The van der Waals surface area contributed by atoms with Gasteiger partial charge in [-0.3, -0.25) is 0 Å². The van der Waals surface area contributed by atoms with Gasteiger partial charge in [0.15, 0.2) is 0 Å². The van der Waals surface area contributed by atoms with E-state index in [2.05, 4.69) is 64.9 Å². The van der Waals surface area contributed by atoms with E-state index in [-0.39, 0.29) is 10.8 Å². The summed E-state index contributed by atoms with van der Waals surface area (Å²) in [6.45, 7) is 15.1. The van der Waals surface area contributed by atoms with E-state index in [1.807, 2.05) is 18.2 Å². The van der Waals surface area contributed by atoms with Crippen LogP contribution in [0.15, 0.2) is 36.4 Å². The average Bonchev–Trinajstić information content (AvgIpc) is 2.52. The van der Waals surface area contributed by atoms with Crippen LogP contribution >= 0.6 is 17.2 Å². The summed E-state index contributed by atoms with van der Waals surface area (Å²) >= 11 is 0. The lowest BCUT2D eigenvalue weighted by molar-refractivity contribution is 0.329. The van der Waals surface area contributed by atoms with Crippen molar-refractivity contribution < 1.29 is 23.5 Å². The molecule has 2 rings (SSSR count). The van der Waals surface area contributed by atoms with Gasteiger partial charge >= 0.3 is 17.2 Å². The lowest BCUT2D eigenvalue weighted by atomic mass is 9.73. The van der Waals surface area contributed by atoms with Crippen LogP contribution in [0.5, 0.6) is 5.75 Å². The number of para-hydroxylation sites is 1. The van der Waals surface area contributed by atoms with Crippen molar-refractivity contribution in [3.63, 3.8) is 0 Å². The predicted molar refractivity (Wildman–Crippen MR) is 116 cm³/mol. The molecule has 0 aliphatic rings. The molecular weight excluding hydrogens is 394 g/mol. The minimum absolute atomic E-state index is 0.112. The monoisotopic (exact) mass is 424 g/mol. The molecule has 7 heteroatoms. The Morgan fingerprint density at radius 3 is 1.79 bits per heavy atom. The summed E-state index contributed by atoms with van der Waals surface area (Å²) in [6.07, 6.45) is 0. The fourth-order valence-electron chi connectivity index (χ4n) is 3.18. The summed E-state index contributed by atoms with van der Waals surface area (Å²) in [4.78, 5) is 28.0. The van der Waals surface area contributed by atoms with Crippen molar-refractivity contribution in [3.05, 3.63) is 53.1 Å². The molecule has 2 aromatic carbocycles. The smallest absolute Gasteiger partial charge is 0.401 e. The van der Waals surface area contributed by atoms with Crippen LogP contribution < -0.4 is 4.52 Å². The quantitative estimate of drug-likeness (QED) is 0.507. The molecule has 0 fully saturated rings. The van der Waals surface area contributed by atoms with E-state index >= 15 is 0 Å². The van der Waals surface area contributed by atoms with Crippen molar-refractivity contribution in [1.82, 2.24) is 0 Å². The van der Waals surface area contributed by atoms with Crippen molar-refractivity contribution in [2.45, 2.75) is 59.3 Å². The van der Waals surface area contributed by atoms with E-state index in [9.17, 15) is 4.89 Å². The summed E-state index contributed by atoms with van der Waals surface area (Å²) < 4.78 is 10.2. The highest BCUT2D eigenvalue weighted by Gasteiger charge is 2.29. The standard InChI is InChI=1S/C21H30O5P2/c1-14-12-16(20(2,3)4)19(17(13-14)21(5,6)7)15-10-8-9-11-18(15)25-28(24)26-27(22)23/h8-13,22-24H,1-7H3. The minimum atomic E-state index is -2.70. The van der Waals surface area contributed by atoms with Gasteiger partial charge in [-0.25, -0.2) is 4.31 Å². The van der Waals surface area contributed by atoms with Gasteiger partial charge in [-0.15, -0.1) is 0 Å². The Kier molecular flexibility index (Phi) is 7.26. The highest BCUT2D eigenvalue weighted by Crippen LogP contribution is 2.50. The summed E-state index contributed by atoms with van der Waals surface area (Å²) in [5.41, 5.74) is 5.24. The molecule has 0 aromatic heterocycles. The molecule has 3 N–H and O–H groups in total. The van der Waals surface area contributed by atoms with Crippen LogP contribution in [-0.2, 0) is 15.1 Å². The number of aryl methyl sites for hydroxylation is 1. The van der Waals surface area contributed by atoms with Crippen LogP contribution in [0.1, 0.15) is 58.2 Å². The van der Waals surface area contributed by atoms with Gasteiger partial charge < -0.3 is 19.2 Å². The first-order chi connectivity index (χ1) is 12.8. The van der Waals surface area contributed by atoms with Crippen molar-refractivity contribution in [1.29, 1.82) is 0 Å². The zero-order valence-electron chi connectivity index (χ0n) is 17.5. The first-order valence-electron chi connectivity index (χ1n) is 9.08. The maximum atomic E-state index is 9.96. The molecule has 0 aliphatic carbocycles. The van der Waals surface area contributed by atoms with Crippen LogP contribution in [0, 0.1) is 6.92 Å². The Bertz CT molecular complexity index is 787. The minimum Gasteiger partial charge on any atom is -0.426 e. The molecule has 0 aliphatic heterocycles. The SMILES string of the molecule is Cc1cc(C(C)(C)C)c(-c2ccccc2OP(O)OP(O)O)c(C(C)(C)C)c1. The van der Waals surface area contributed by atoms with Gasteiger partial charge in [0.1, 0.15) is 5.75 Å². The summed E-state index contributed by atoms with van der Waals surface area (Å²) in [7, 11) is -5.16. The van der Waals surface area contributed by atoms with Gasteiger partial charge in [0.25, 0.3) is 0 Å². The van der Waals surface area contributed by atoms with E-state index in [0.29, 0.717) is 5.75 Å². The number of rotatable bonds is 5. The molecule has 5 nitrogen and oxygen atoms in total. The molecule has 28 heavy (non-hydrogen) atoms. The molecule has 0 spiro atoms. The molecule has 0 saturated heterocycles. The molecular formula is C21H30O5P2. The Morgan fingerprint density at radius 2 is 1.32 bits per heavy atom. The van der Waals surface area contributed by atoms with E-state index < -0.39 is 17.2 Å². The number of hydrogen-bond acceptors (Lipinski definition) is 5. The largest absolute Gasteiger partial charge is 0.426 e. The van der Waals surface area contributed by atoms with E-state index in [1.165, 1.54) is 16.7 Å². The van der Waals surface area contributed by atoms with E-state index in [4.69, 9.17) is 14.3 Å². The molecule has 2 aromatic rings. The van der Waals surface area contributed by atoms with E-state index in [1.54, 1.807) is 6.07 Å². The molecule has 1 atom stereocenters. The van der Waals surface area contributed by atoms with Gasteiger partial charge in [-0.1, -0.05) is 77.4 Å². The lowest BCUT2D eigenvalue weighted by Gasteiger charge is -2.31. The van der Waals surface area contributed by atoms with Gasteiger partial charge in [-0.2, -0.15) is 0 Å². The zero-order chi connectivity index (χ0) is 21.3. The third-order valence-electron chi connectivity index (χ3n) is 4.37. The highest BCUT2D eigenvalue weighted by molar-refractivity contribution is 7.54. The Morgan fingerprint density at radius 1 is 0.821 bits per heavy atom. The third-order valence-corrected chi connectivity index (χ3v) is 5.87. The number of hydrogen-bond donors (Lipinski definition) is 3. The maximum Gasteiger partial charge on any atom is 0.401 e. The second kappa shape index (κ2) is 8.75. The van der Waals surface area contributed by atoms with Crippen LogP contribution in [-0.4, -0.2) is 14.7 Å². The normalized spacial score (nSPS) is 13.7. The fourth-order valence-corrected chi connectivity index (χ4v) is 4.14. The van der Waals surface area contributed by atoms with Gasteiger partial charge in [0.2, 0.25) is 0 Å². The summed E-state index contributed by atoms with van der Waals surface area (Å²) in [6, 6.07) is 11.8. The van der Waals surface area contributed by atoms with Crippen molar-refractivity contribution in [2.75, 3.05) is 0 Å². The van der Waals surface area contributed by atoms with Crippen molar-refractivity contribution >= 4 is 17.2 Å². The lowest BCUT2D eigenvalue weighted by Crippen LogP contribution is -2.20. The molecule has 154 valence electrons. The predicted octanol–water partition coefficient (Wildman–Crippen LogP) is 6.08. The Balaban J connectivity index is 2.74. The molecule has 0 radical (unpaired) electrons. The molecule has 0 bridgehead atoms. The zero-order valence-corrected chi connectivity index (χ0v) is 19.3. The van der Waals surface area contributed by atoms with Crippen molar-refractivity contribution in [3.8, 4) is 16.9 Å². The topological polar surface area (TPSA) is 79.2 Å². The second-order valence-corrected chi connectivity index (χ2v) is 10.7. The van der Waals surface area contributed by atoms with Gasteiger partial charge in [0.05, 0.1) is 0 Å². The van der Waals surface area contributed by atoms with Gasteiger partial charge in [0, 0.05) is 5.56 Å². The molecule has 0 heterocycles. The maximum absolute atomic E-state index is 9.96. The molecule has 0 amide bonds. The van der Waals surface area contributed by atoms with Gasteiger partial charge in [-0.05, 0) is 40.5 Å². The fraction of sp³-hybridized carbons (Fsp3) is 0.429. The molecule has 0 saturated carbocycles. The van der Waals surface area contributed by atoms with Crippen LogP contribution in [0.2, 0.25) is 0 Å². The van der Waals surface area contributed by atoms with Crippen LogP contribution in [0.3, 0.4) is 0 Å². The van der Waals surface area contributed by atoms with E-state index in [0.717, 1.165) is 11.1 Å². The number of benzene rings is 2. The summed E-state index contributed by atoms with van der Waals surface area (Å²) in [5, 5.41) is 0. The summed E-state index contributed by atoms with van der Waals surface area (Å²) in [5.74, 6) is 0.438. The highest BCUT2D eigenvalue weighted by atomic mass is 31.2. The third kappa shape index (κ3) is 5.73.